The maximum absolute atomic E-state index is 12.0. The molecule has 9 nitrogen and oxygen atoms in total. The number of aromatic nitrogens is 2. The van der Waals surface area contributed by atoms with Crippen LogP contribution < -0.4 is 25.0 Å². The summed E-state index contributed by atoms with van der Waals surface area (Å²) in [5.41, 5.74) is 3.50. The molecule has 1 amide bonds. The highest BCUT2D eigenvalue weighted by molar-refractivity contribution is 5.83. The fourth-order valence-electron chi connectivity index (χ4n) is 3.69. The Hall–Kier alpha value is -4.32. The molecule has 0 saturated carbocycles. The molecule has 1 aliphatic rings. The van der Waals surface area contributed by atoms with E-state index in [0.717, 1.165) is 29.9 Å². The Balaban J connectivity index is 1.57. The first-order valence-electron chi connectivity index (χ1n) is 10.5. The molecule has 2 heterocycles. The largest absolute Gasteiger partial charge is 0.495 e. The minimum absolute atomic E-state index is 0.0000527. The van der Waals surface area contributed by atoms with Gasteiger partial charge in [-0.2, -0.15) is 5.26 Å². The molecule has 2 N–H and O–H groups in total. The van der Waals surface area contributed by atoms with E-state index < -0.39 is 0 Å². The Bertz CT molecular complexity index is 1210. The van der Waals surface area contributed by atoms with Crippen molar-refractivity contribution in [1.29, 1.82) is 5.26 Å². The number of benzene rings is 2. The molecule has 0 atom stereocenters. The molecule has 0 bridgehead atoms. The Kier molecular flexibility index (Phi) is 6.55. The van der Waals surface area contributed by atoms with Gasteiger partial charge in [-0.25, -0.2) is 9.97 Å². The summed E-state index contributed by atoms with van der Waals surface area (Å²) in [6, 6.07) is 14.9. The normalized spacial score (nSPS) is 13.5. The summed E-state index contributed by atoms with van der Waals surface area (Å²) in [4.78, 5) is 22.9. The molecule has 4 rings (SSSR count). The molecule has 3 aromatic rings. The zero-order valence-corrected chi connectivity index (χ0v) is 18.5. The molecule has 1 saturated heterocycles. The first-order valence-corrected chi connectivity index (χ1v) is 10.5. The third-order valence-corrected chi connectivity index (χ3v) is 5.31. The van der Waals surface area contributed by atoms with E-state index in [0.29, 0.717) is 41.8 Å². The second kappa shape index (κ2) is 9.87. The summed E-state index contributed by atoms with van der Waals surface area (Å²) >= 11 is 0. The number of rotatable bonds is 6. The minimum Gasteiger partial charge on any atom is -0.495 e. The van der Waals surface area contributed by atoms with Crippen molar-refractivity contribution in [2.45, 2.75) is 6.42 Å². The van der Waals surface area contributed by atoms with Crippen LogP contribution in [0.4, 0.5) is 17.3 Å². The first kappa shape index (κ1) is 21.9. The van der Waals surface area contributed by atoms with Crippen LogP contribution in [0.3, 0.4) is 0 Å². The second-order valence-corrected chi connectivity index (χ2v) is 7.43. The van der Waals surface area contributed by atoms with Crippen molar-refractivity contribution >= 4 is 23.2 Å². The molecule has 9 heteroatoms. The van der Waals surface area contributed by atoms with Gasteiger partial charge in [-0.15, -0.1) is 0 Å². The van der Waals surface area contributed by atoms with E-state index in [1.807, 2.05) is 29.2 Å². The van der Waals surface area contributed by atoms with Crippen LogP contribution in [0, 0.1) is 11.3 Å². The van der Waals surface area contributed by atoms with Gasteiger partial charge in [-0.3, -0.25) is 4.79 Å². The topological polar surface area (TPSA) is 112 Å². The van der Waals surface area contributed by atoms with Crippen molar-refractivity contribution in [1.82, 2.24) is 15.3 Å². The van der Waals surface area contributed by atoms with E-state index in [-0.39, 0.29) is 5.91 Å². The zero-order valence-electron chi connectivity index (χ0n) is 18.5. The van der Waals surface area contributed by atoms with E-state index >= 15 is 0 Å². The van der Waals surface area contributed by atoms with Crippen molar-refractivity contribution in [2.24, 2.45) is 0 Å². The van der Waals surface area contributed by atoms with Gasteiger partial charge < -0.3 is 25.0 Å². The van der Waals surface area contributed by atoms with Gasteiger partial charge in [-0.1, -0.05) is 0 Å². The number of carbonyl (C=O) groups is 1. The second-order valence-electron chi connectivity index (χ2n) is 7.43. The number of nitriles is 1. The lowest BCUT2D eigenvalue weighted by Gasteiger charge is -2.24. The van der Waals surface area contributed by atoms with Crippen molar-refractivity contribution in [3.05, 3.63) is 54.2 Å². The van der Waals surface area contributed by atoms with Crippen LogP contribution in [-0.4, -0.2) is 49.7 Å². The average molecular weight is 444 g/mol. The maximum atomic E-state index is 12.0. The minimum atomic E-state index is 0.0000527. The number of nitrogens with zero attached hydrogens (tertiary/aromatic N) is 4. The quantitative estimate of drug-likeness (QED) is 0.596. The molecule has 2 aromatic carbocycles. The molecule has 1 aromatic heterocycles. The van der Waals surface area contributed by atoms with E-state index in [9.17, 15) is 10.1 Å². The fourth-order valence-corrected chi connectivity index (χ4v) is 3.69. The van der Waals surface area contributed by atoms with Crippen LogP contribution in [0.25, 0.3) is 11.3 Å². The highest BCUT2D eigenvalue weighted by atomic mass is 16.5. The Morgan fingerprint density at radius 3 is 2.76 bits per heavy atom. The van der Waals surface area contributed by atoms with E-state index in [4.69, 9.17) is 9.47 Å². The number of hydrogen-bond donors (Lipinski definition) is 2. The standard InChI is InChI=1S/C24H24N6O3/c1-32-21-7-4-16(12-17(21)14-25)19-8-10-27-24(29-19)28-18-5-6-20(22(13-18)33-2)30-11-3-9-26-23(31)15-30/h4-8,10,12-13H,3,9,11,15H2,1-2H3,(H,26,31)(H,27,28,29). The van der Waals surface area contributed by atoms with Crippen LogP contribution in [0.15, 0.2) is 48.7 Å². The lowest BCUT2D eigenvalue weighted by molar-refractivity contribution is -0.119. The Morgan fingerprint density at radius 1 is 1.12 bits per heavy atom. The maximum Gasteiger partial charge on any atom is 0.239 e. The van der Waals surface area contributed by atoms with E-state index in [1.54, 1.807) is 31.5 Å². The molecule has 0 spiro atoms. The van der Waals surface area contributed by atoms with Gasteiger partial charge in [0.15, 0.2) is 0 Å². The van der Waals surface area contributed by atoms with Crippen molar-refractivity contribution < 1.29 is 14.3 Å². The number of carbonyl (C=O) groups excluding carboxylic acids is 1. The highest BCUT2D eigenvalue weighted by Crippen LogP contribution is 2.33. The third-order valence-electron chi connectivity index (χ3n) is 5.31. The molecule has 0 unspecified atom stereocenters. The Labute approximate surface area is 192 Å². The van der Waals surface area contributed by atoms with Gasteiger partial charge in [0.2, 0.25) is 11.9 Å². The van der Waals surface area contributed by atoms with Crippen LogP contribution >= 0.6 is 0 Å². The van der Waals surface area contributed by atoms with Gasteiger partial charge in [0.05, 0.1) is 37.7 Å². The van der Waals surface area contributed by atoms with Crippen molar-refractivity contribution in [3.8, 4) is 28.8 Å². The molecule has 0 aliphatic carbocycles. The summed E-state index contributed by atoms with van der Waals surface area (Å²) in [6.07, 6.45) is 2.52. The van der Waals surface area contributed by atoms with Crippen LogP contribution in [-0.2, 0) is 4.79 Å². The number of anilines is 3. The number of nitrogens with one attached hydrogen (secondary N) is 2. The highest BCUT2D eigenvalue weighted by Gasteiger charge is 2.19. The van der Waals surface area contributed by atoms with Gasteiger partial charge in [0.25, 0.3) is 0 Å². The SMILES string of the molecule is COc1ccc(-c2ccnc(Nc3ccc(N4CCCNC(=O)C4)c(OC)c3)n2)cc1C#N. The summed E-state index contributed by atoms with van der Waals surface area (Å²) in [5.74, 6) is 1.58. The first-order chi connectivity index (χ1) is 16.1. The van der Waals surface area contributed by atoms with Crippen molar-refractivity contribution in [2.75, 3.05) is 44.1 Å². The Morgan fingerprint density at radius 2 is 1.97 bits per heavy atom. The number of ether oxygens (including phenoxy) is 2. The van der Waals surface area contributed by atoms with Crippen LogP contribution in [0.2, 0.25) is 0 Å². The van der Waals surface area contributed by atoms with Gasteiger partial charge >= 0.3 is 0 Å². The molecule has 168 valence electrons. The molecule has 33 heavy (non-hydrogen) atoms. The van der Waals surface area contributed by atoms with E-state index in [2.05, 4.69) is 26.7 Å². The molecule has 0 radical (unpaired) electrons. The molecule has 1 aliphatic heterocycles. The third kappa shape index (κ3) is 4.96. The van der Waals surface area contributed by atoms with Crippen LogP contribution in [0.5, 0.6) is 11.5 Å². The fraction of sp³-hybridized carbons (Fsp3) is 0.250. The number of hydrogen-bond acceptors (Lipinski definition) is 8. The average Bonchev–Trinajstić information content (AvgIpc) is 3.07. The van der Waals surface area contributed by atoms with Gasteiger partial charge in [0.1, 0.15) is 17.6 Å². The number of amides is 1. The summed E-state index contributed by atoms with van der Waals surface area (Å²) in [5, 5.41) is 15.4. The molecule has 1 fully saturated rings. The van der Waals surface area contributed by atoms with E-state index in [1.165, 1.54) is 7.11 Å². The summed E-state index contributed by atoms with van der Waals surface area (Å²) in [6.45, 7) is 1.73. The molecular formula is C24H24N6O3. The zero-order chi connectivity index (χ0) is 23.2. The summed E-state index contributed by atoms with van der Waals surface area (Å²) in [7, 11) is 3.14. The van der Waals surface area contributed by atoms with Gasteiger partial charge in [0, 0.05) is 36.6 Å². The lowest BCUT2D eigenvalue weighted by atomic mass is 10.1. The summed E-state index contributed by atoms with van der Waals surface area (Å²) < 4.78 is 10.8. The molecular weight excluding hydrogens is 420 g/mol. The predicted molar refractivity (Wildman–Crippen MR) is 125 cm³/mol. The van der Waals surface area contributed by atoms with Crippen LogP contribution in [0.1, 0.15) is 12.0 Å². The van der Waals surface area contributed by atoms with Gasteiger partial charge in [-0.05, 0) is 42.8 Å². The monoisotopic (exact) mass is 444 g/mol. The number of methoxy groups -OCH3 is 2. The van der Waals surface area contributed by atoms with Crippen molar-refractivity contribution in [3.63, 3.8) is 0 Å². The smallest absolute Gasteiger partial charge is 0.239 e. The predicted octanol–water partition coefficient (Wildman–Crippen LogP) is 3.10. The lowest BCUT2D eigenvalue weighted by Crippen LogP contribution is -2.33.